The molecule has 0 aliphatic rings. The van der Waals surface area contributed by atoms with Crippen molar-refractivity contribution in [1.29, 1.82) is 0 Å². The van der Waals surface area contributed by atoms with E-state index in [1.54, 1.807) is 24.3 Å². The number of hydrogen-bond donors (Lipinski definition) is 1. The van der Waals surface area contributed by atoms with Crippen molar-refractivity contribution in [2.75, 3.05) is 11.1 Å². The van der Waals surface area contributed by atoms with E-state index >= 15 is 0 Å². The molecule has 1 amide bonds. The van der Waals surface area contributed by atoms with E-state index in [0.29, 0.717) is 21.9 Å². The van der Waals surface area contributed by atoms with Crippen molar-refractivity contribution in [1.82, 2.24) is 10.2 Å². The second-order valence-electron chi connectivity index (χ2n) is 5.59. The molecule has 0 atom stereocenters. The van der Waals surface area contributed by atoms with Crippen LogP contribution in [0.15, 0.2) is 58.2 Å². The van der Waals surface area contributed by atoms with Gasteiger partial charge in [0.05, 0.1) is 5.75 Å². The summed E-state index contributed by atoms with van der Waals surface area (Å²) in [5.74, 6) is 1.03. The fourth-order valence-electron chi connectivity index (χ4n) is 2.18. The predicted octanol–water partition coefficient (Wildman–Crippen LogP) is 4.60. The fourth-order valence-corrected chi connectivity index (χ4v) is 2.89. The number of hydrogen-bond acceptors (Lipinski definition) is 6. The third kappa shape index (κ3) is 6.01. The number of carbonyl (C=O) groups is 1. The lowest BCUT2D eigenvalue weighted by Gasteiger charge is -2.05. The number of halogens is 1. The number of nitrogens with one attached hydrogen (secondary N) is 1. The molecule has 27 heavy (non-hydrogen) atoms. The Hall–Kier alpha value is -2.51. The first-order valence-electron chi connectivity index (χ1n) is 8.34. The second-order valence-corrected chi connectivity index (χ2v) is 6.95. The molecule has 0 aliphatic heterocycles. The van der Waals surface area contributed by atoms with E-state index in [4.69, 9.17) is 20.8 Å². The number of aromatic nitrogens is 2. The van der Waals surface area contributed by atoms with Crippen LogP contribution in [0.5, 0.6) is 5.75 Å². The van der Waals surface area contributed by atoms with E-state index in [9.17, 15) is 4.79 Å². The van der Waals surface area contributed by atoms with E-state index < -0.39 is 0 Å². The van der Waals surface area contributed by atoms with Gasteiger partial charge in [0.1, 0.15) is 5.75 Å². The highest BCUT2D eigenvalue weighted by atomic mass is 35.5. The first-order chi connectivity index (χ1) is 13.1. The minimum Gasteiger partial charge on any atom is -0.484 e. The third-order valence-corrected chi connectivity index (χ3v) is 4.67. The molecule has 0 fully saturated rings. The van der Waals surface area contributed by atoms with Crippen molar-refractivity contribution in [2.45, 2.75) is 25.2 Å². The van der Waals surface area contributed by atoms with E-state index in [-0.39, 0.29) is 18.3 Å². The number of anilines is 1. The van der Waals surface area contributed by atoms with E-state index in [2.05, 4.69) is 22.4 Å². The topological polar surface area (TPSA) is 77.2 Å². The van der Waals surface area contributed by atoms with Crippen LogP contribution in [0, 0.1) is 0 Å². The van der Waals surface area contributed by atoms with Crippen LogP contribution in [-0.4, -0.2) is 21.9 Å². The van der Waals surface area contributed by atoms with Crippen LogP contribution in [0.25, 0.3) is 0 Å². The van der Waals surface area contributed by atoms with Gasteiger partial charge < -0.3 is 14.5 Å². The summed E-state index contributed by atoms with van der Waals surface area (Å²) in [7, 11) is 0. The summed E-state index contributed by atoms with van der Waals surface area (Å²) >= 11 is 7.00. The zero-order valence-electron chi connectivity index (χ0n) is 14.6. The van der Waals surface area contributed by atoms with Crippen LogP contribution < -0.4 is 10.1 Å². The van der Waals surface area contributed by atoms with Crippen molar-refractivity contribution >= 4 is 35.0 Å². The summed E-state index contributed by atoms with van der Waals surface area (Å²) in [5, 5.41) is 11.6. The molecular formula is C19H18ClN3O3S. The van der Waals surface area contributed by atoms with E-state index in [1.807, 2.05) is 24.3 Å². The molecule has 8 heteroatoms. The predicted molar refractivity (Wildman–Crippen MR) is 105 cm³/mol. The first kappa shape index (κ1) is 19.3. The van der Waals surface area contributed by atoms with Crippen molar-refractivity contribution in [3.63, 3.8) is 0 Å². The standard InChI is InChI=1S/C19H18ClN3O3S/c1-2-13-3-7-15(8-4-13)21-17(24)12-27-19-23-22-18(26-19)11-25-16-9-5-14(20)6-10-16/h3-10H,2,11-12H2,1H3,(H,21,24). The Morgan fingerprint density at radius 1 is 1.15 bits per heavy atom. The van der Waals surface area contributed by atoms with E-state index in [1.165, 1.54) is 17.3 Å². The van der Waals surface area contributed by atoms with Gasteiger partial charge in [-0.3, -0.25) is 4.79 Å². The molecule has 1 aromatic heterocycles. The molecule has 3 aromatic rings. The SMILES string of the molecule is CCc1ccc(NC(=O)CSc2nnc(COc3ccc(Cl)cc3)o2)cc1. The molecule has 0 saturated heterocycles. The lowest BCUT2D eigenvalue weighted by Crippen LogP contribution is -2.13. The van der Waals surface area contributed by atoms with Gasteiger partial charge in [0.2, 0.25) is 5.91 Å². The normalized spacial score (nSPS) is 10.6. The Morgan fingerprint density at radius 2 is 1.89 bits per heavy atom. The lowest BCUT2D eigenvalue weighted by atomic mass is 10.1. The van der Waals surface area contributed by atoms with Gasteiger partial charge in [-0.25, -0.2) is 0 Å². The zero-order chi connectivity index (χ0) is 19.1. The van der Waals surface area contributed by atoms with Crippen molar-refractivity contribution in [3.05, 3.63) is 65.0 Å². The molecule has 0 unspecified atom stereocenters. The minimum atomic E-state index is -0.138. The maximum atomic E-state index is 12.0. The van der Waals surface area contributed by atoms with Gasteiger partial charge in [-0.2, -0.15) is 0 Å². The monoisotopic (exact) mass is 403 g/mol. The van der Waals surface area contributed by atoms with Crippen molar-refractivity contribution in [3.8, 4) is 5.75 Å². The summed E-state index contributed by atoms with van der Waals surface area (Å²) < 4.78 is 11.0. The molecule has 2 aromatic carbocycles. The van der Waals surface area contributed by atoms with Gasteiger partial charge >= 0.3 is 0 Å². The molecule has 0 aliphatic carbocycles. The van der Waals surface area contributed by atoms with Gasteiger partial charge in [0.15, 0.2) is 6.61 Å². The Morgan fingerprint density at radius 3 is 2.59 bits per heavy atom. The third-order valence-electron chi connectivity index (χ3n) is 3.60. The second kappa shape index (κ2) is 9.43. The van der Waals surface area contributed by atoms with Gasteiger partial charge in [-0.1, -0.05) is 42.4 Å². The van der Waals surface area contributed by atoms with Crippen LogP contribution in [0.2, 0.25) is 5.02 Å². The van der Waals surface area contributed by atoms with Crippen molar-refractivity contribution in [2.24, 2.45) is 0 Å². The molecule has 1 N–H and O–H groups in total. The quantitative estimate of drug-likeness (QED) is 0.554. The Labute approximate surface area is 166 Å². The van der Waals surface area contributed by atoms with Gasteiger partial charge in [0, 0.05) is 10.7 Å². The van der Waals surface area contributed by atoms with Crippen LogP contribution in [-0.2, 0) is 17.8 Å². The number of thioether (sulfide) groups is 1. The molecule has 3 rings (SSSR count). The van der Waals surface area contributed by atoms with Gasteiger partial charge in [0.25, 0.3) is 11.1 Å². The van der Waals surface area contributed by atoms with Crippen LogP contribution in [0.3, 0.4) is 0 Å². The molecule has 1 heterocycles. The number of ether oxygens (including phenoxy) is 1. The molecule has 0 radical (unpaired) electrons. The highest BCUT2D eigenvalue weighted by Gasteiger charge is 2.10. The Kier molecular flexibility index (Phi) is 6.73. The summed E-state index contributed by atoms with van der Waals surface area (Å²) in [6.07, 6.45) is 0.964. The number of nitrogens with zero attached hydrogens (tertiary/aromatic N) is 2. The molecular weight excluding hydrogens is 386 g/mol. The zero-order valence-corrected chi connectivity index (χ0v) is 16.2. The first-order valence-corrected chi connectivity index (χ1v) is 9.71. The number of benzene rings is 2. The highest BCUT2D eigenvalue weighted by molar-refractivity contribution is 7.99. The maximum absolute atomic E-state index is 12.0. The average Bonchev–Trinajstić information content (AvgIpc) is 3.14. The molecule has 0 spiro atoms. The fraction of sp³-hybridized carbons (Fsp3) is 0.211. The van der Waals surface area contributed by atoms with E-state index in [0.717, 1.165) is 12.1 Å². The minimum absolute atomic E-state index is 0.138. The van der Waals surface area contributed by atoms with Crippen LogP contribution >= 0.6 is 23.4 Å². The summed E-state index contributed by atoms with van der Waals surface area (Å²) in [6, 6.07) is 14.8. The van der Waals surface area contributed by atoms with Crippen LogP contribution in [0.1, 0.15) is 18.4 Å². The summed E-state index contributed by atoms with van der Waals surface area (Å²) in [4.78, 5) is 12.0. The molecule has 0 bridgehead atoms. The molecule has 140 valence electrons. The lowest BCUT2D eigenvalue weighted by molar-refractivity contribution is -0.113. The Balaban J connectivity index is 1.44. The summed E-state index contributed by atoms with van der Waals surface area (Å²) in [5.41, 5.74) is 1.99. The number of amides is 1. The Bertz CT molecular complexity index is 882. The van der Waals surface area contributed by atoms with Gasteiger partial charge in [-0.05, 0) is 48.4 Å². The number of aryl methyl sites for hydroxylation is 1. The molecule has 6 nitrogen and oxygen atoms in total. The maximum Gasteiger partial charge on any atom is 0.277 e. The highest BCUT2D eigenvalue weighted by Crippen LogP contribution is 2.19. The molecule has 0 saturated carbocycles. The smallest absolute Gasteiger partial charge is 0.277 e. The number of rotatable bonds is 8. The average molecular weight is 404 g/mol. The summed E-state index contributed by atoms with van der Waals surface area (Å²) in [6.45, 7) is 2.23. The largest absolute Gasteiger partial charge is 0.484 e. The van der Waals surface area contributed by atoms with Crippen LogP contribution in [0.4, 0.5) is 5.69 Å². The van der Waals surface area contributed by atoms with Crippen molar-refractivity contribution < 1.29 is 13.9 Å². The number of carbonyl (C=O) groups excluding carboxylic acids is 1. The van der Waals surface area contributed by atoms with Gasteiger partial charge in [-0.15, -0.1) is 10.2 Å².